The Morgan fingerprint density at radius 3 is 2.30 bits per heavy atom. The van der Waals surface area contributed by atoms with Gasteiger partial charge in [0, 0.05) is 37.4 Å². The second kappa shape index (κ2) is 5.40. The average Bonchev–Trinajstić information content (AvgIpc) is 2.37. The van der Waals surface area contributed by atoms with E-state index in [1.807, 2.05) is 0 Å². The molecule has 1 saturated heterocycles. The van der Waals surface area contributed by atoms with Gasteiger partial charge in [0.2, 0.25) is 0 Å². The highest BCUT2D eigenvalue weighted by molar-refractivity contribution is 5.94. The van der Waals surface area contributed by atoms with Crippen LogP contribution in [-0.4, -0.2) is 47.4 Å². The number of nitrogen functional groups attached to an aromatic ring is 1. The van der Waals surface area contributed by atoms with Gasteiger partial charge in [-0.05, 0) is 39.0 Å². The maximum Gasteiger partial charge on any atom is 0.256 e. The third-order valence-corrected chi connectivity index (χ3v) is 3.74. The van der Waals surface area contributed by atoms with Crippen LogP contribution in [0.4, 0.5) is 10.1 Å². The van der Waals surface area contributed by atoms with Crippen molar-refractivity contribution in [2.75, 3.05) is 31.9 Å². The fraction of sp³-hybridized carbons (Fsp3) is 0.533. The van der Waals surface area contributed by atoms with Gasteiger partial charge in [-0.25, -0.2) is 4.39 Å². The minimum atomic E-state index is -0.548. The van der Waals surface area contributed by atoms with Crippen molar-refractivity contribution in [3.63, 3.8) is 0 Å². The van der Waals surface area contributed by atoms with E-state index in [-0.39, 0.29) is 17.0 Å². The molecule has 2 rings (SSSR count). The largest absolute Gasteiger partial charge is 0.399 e. The maximum absolute atomic E-state index is 13.8. The molecule has 0 radical (unpaired) electrons. The van der Waals surface area contributed by atoms with Gasteiger partial charge < -0.3 is 10.6 Å². The van der Waals surface area contributed by atoms with Gasteiger partial charge in [-0.15, -0.1) is 0 Å². The van der Waals surface area contributed by atoms with Crippen LogP contribution in [0.15, 0.2) is 18.2 Å². The molecule has 110 valence electrons. The first-order valence-electron chi connectivity index (χ1n) is 6.88. The van der Waals surface area contributed by atoms with E-state index in [2.05, 4.69) is 25.7 Å². The van der Waals surface area contributed by atoms with Gasteiger partial charge in [0.1, 0.15) is 5.82 Å². The van der Waals surface area contributed by atoms with E-state index in [1.165, 1.54) is 12.1 Å². The Morgan fingerprint density at radius 2 is 1.80 bits per heavy atom. The Kier molecular flexibility index (Phi) is 3.99. The van der Waals surface area contributed by atoms with E-state index in [4.69, 9.17) is 5.73 Å². The zero-order valence-electron chi connectivity index (χ0n) is 12.3. The first-order chi connectivity index (χ1) is 9.29. The van der Waals surface area contributed by atoms with Gasteiger partial charge in [-0.3, -0.25) is 9.69 Å². The van der Waals surface area contributed by atoms with Gasteiger partial charge in [0.25, 0.3) is 5.91 Å². The number of carbonyl (C=O) groups is 1. The summed E-state index contributed by atoms with van der Waals surface area (Å²) in [6, 6.07) is 4.21. The van der Waals surface area contributed by atoms with Gasteiger partial charge >= 0.3 is 0 Å². The van der Waals surface area contributed by atoms with Gasteiger partial charge in [-0.2, -0.15) is 0 Å². The number of benzene rings is 1. The normalized spacial score (nSPS) is 17.3. The van der Waals surface area contributed by atoms with Crippen molar-refractivity contribution in [3.05, 3.63) is 29.6 Å². The molecule has 4 nitrogen and oxygen atoms in total. The van der Waals surface area contributed by atoms with Crippen molar-refractivity contribution < 1.29 is 9.18 Å². The average molecular weight is 279 g/mol. The van der Waals surface area contributed by atoms with E-state index in [0.29, 0.717) is 18.8 Å². The Hall–Kier alpha value is -1.62. The molecule has 0 atom stereocenters. The van der Waals surface area contributed by atoms with Crippen molar-refractivity contribution in [2.24, 2.45) is 0 Å². The van der Waals surface area contributed by atoms with Crippen LogP contribution in [0.1, 0.15) is 31.1 Å². The molecular formula is C15H22FN3O. The second-order valence-corrected chi connectivity index (χ2v) is 6.19. The number of nitrogens with two attached hydrogens (primary N) is 1. The molecule has 1 aliphatic heterocycles. The zero-order valence-corrected chi connectivity index (χ0v) is 12.3. The monoisotopic (exact) mass is 279 g/mol. The quantitative estimate of drug-likeness (QED) is 0.800. The lowest BCUT2D eigenvalue weighted by atomic mass is 10.0. The number of anilines is 1. The zero-order chi connectivity index (χ0) is 14.9. The summed E-state index contributed by atoms with van der Waals surface area (Å²) in [7, 11) is 0. The lowest BCUT2D eigenvalue weighted by Gasteiger charge is -2.42. The third-order valence-electron chi connectivity index (χ3n) is 3.74. The minimum absolute atomic E-state index is 0.0988. The summed E-state index contributed by atoms with van der Waals surface area (Å²) in [5.41, 5.74) is 6.03. The fourth-order valence-corrected chi connectivity index (χ4v) is 2.46. The highest BCUT2D eigenvalue weighted by Crippen LogP contribution is 2.19. The molecule has 0 aliphatic carbocycles. The SMILES string of the molecule is CC(C)(C)N1CCN(C(=O)c2ccc(N)cc2F)CC1. The molecular weight excluding hydrogens is 257 g/mol. The van der Waals surface area contributed by atoms with Gasteiger partial charge in [0.05, 0.1) is 5.56 Å². The highest BCUT2D eigenvalue weighted by Gasteiger charge is 2.28. The molecule has 0 aromatic heterocycles. The molecule has 5 heteroatoms. The van der Waals surface area contributed by atoms with Crippen LogP contribution < -0.4 is 5.73 Å². The summed E-state index contributed by atoms with van der Waals surface area (Å²) in [5.74, 6) is -0.802. The minimum Gasteiger partial charge on any atom is -0.399 e. The first kappa shape index (κ1) is 14.8. The summed E-state index contributed by atoms with van der Waals surface area (Å²) in [6.07, 6.45) is 0. The molecule has 1 aromatic carbocycles. The summed E-state index contributed by atoms with van der Waals surface area (Å²) in [5, 5.41) is 0. The summed E-state index contributed by atoms with van der Waals surface area (Å²) >= 11 is 0. The lowest BCUT2D eigenvalue weighted by molar-refractivity contribution is 0.0447. The van der Waals surface area contributed by atoms with Crippen molar-refractivity contribution in [1.82, 2.24) is 9.80 Å². The Balaban J connectivity index is 2.05. The molecule has 2 N–H and O–H groups in total. The van der Waals surface area contributed by atoms with Gasteiger partial charge in [-0.1, -0.05) is 0 Å². The van der Waals surface area contributed by atoms with Gasteiger partial charge in [0.15, 0.2) is 0 Å². The summed E-state index contributed by atoms with van der Waals surface area (Å²) in [6.45, 7) is 9.34. The molecule has 1 amide bonds. The number of amides is 1. The number of nitrogens with zero attached hydrogens (tertiary/aromatic N) is 2. The predicted molar refractivity (Wildman–Crippen MR) is 78.0 cm³/mol. The molecule has 0 saturated carbocycles. The number of carbonyl (C=O) groups excluding carboxylic acids is 1. The van der Waals surface area contributed by atoms with Crippen molar-refractivity contribution in [3.8, 4) is 0 Å². The third kappa shape index (κ3) is 3.10. The molecule has 1 aromatic rings. The van der Waals surface area contributed by atoms with E-state index in [0.717, 1.165) is 13.1 Å². The molecule has 0 unspecified atom stereocenters. The number of hydrogen-bond donors (Lipinski definition) is 1. The number of halogens is 1. The van der Waals surface area contributed by atoms with E-state index in [9.17, 15) is 9.18 Å². The van der Waals surface area contributed by atoms with Crippen LogP contribution in [0, 0.1) is 5.82 Å². The summed E-state index contributed by atoms with van der Waals surface area (Å²) in [4.78, 5) is 16.3. The van der Waals surface area contributed by atoms with Crippen LogP contribution in [0.25, 0.3) is 0 Å². The first-order valence-corrected chi connectivity index (χ1v) is 6.88. The molecule has 1 fully saturated rings. The van der Waals surface area contributed by atoms with Crippen molar-refractivity contribution >= 4 is 11.6 Å². The van der Waals surface area contributed by atoms with E-state index >= 15 is 0 Å². The lowest BCUT2D eigenvalue weighted by Crippen LogP contribution is -2.54. The Bertz CT molecular complexity index is 502. The van der Waals surface area contributed by atoms with Crippen LogP contribution in [0.5, 0.6) is 0 Å². The Morgan fingerprint density at radius 1 is 1.20 bits per heavy atom. The number of hydrogen-bond acceptors (Lipinski definition) is 3. The second-order valence-electron chi connectivity index (χ2n) is 6.19. The summed E-state index contributed by atoms with van der Waals surface area (Å²) < 4.78 is 13.8. The molecule has 0 spiro atoms. The number of rotatable bonds is 1. The molecule has 20 heavy (non-hydrogen) atoms. The molecule has 0 bridgehead atoms. The van der Waals surface area contributed by atoms with Crippen LogP contribution in [-0.2, 0) is 0 Å². The van der Waals surface area contributed by atoms with Crippen LogP contribution in [0.2, 0.25) is 0 Å². The van der Waals surface area contributed by atoms with E-state index in [1.54, 1.807) is 11.0 Å². The van der Waals surface area contributed by atoms with E-state index < -0.39 is 5.82 Å². The topological polar surface area (TPSA) is 49.6 Å². The number of piperazine rings is 1. The maximum atomic E-state index is 13.8. The Labute approximate surface area is 119 Å². The highest BCUT2D eigenvalue weighted by atomic mass is 19.1. The van der Waals surface area contributed by atoms with Crippen molar-refractivity contribution in [2.45, 2.75) is 26.3 Å². The standard InChI is InChI=1S/C15H22FN3O/c1-15(2,3)19-8-6-18(7-9-19)14(20)12-5-4-11(17)10-13(12)16/h4-5,10H,6-9,17H2,1-3H3. The fourth-order valence-electron chi connectivity index (χ4n) is 2.46. The van der Waals surface area contributed by atoms with Crippen LogP contribution >= 0.6 is 0 Å². The molecule has 1 heterocycles. The predicted octanol–water partition coefficient (Wildman–Crippen LogP) is 1.96. The molecule has 1 aliphatic rings. The van der Waals surface area contributed by atoms with Crippen LogP contribution in [0.3, 0.4) is 0 Å². The smallest absolute Gasteiger partial charge is 0.256 e. The van der Waals surface area contributed by atoms with Crippen molar-refractivity contribution in [1.29, 1.82) is 0 Å².